The normalized spacial score (nSPS) is 19.5. The highest BCUT2D eigenvalue weighted by Crippen LogP contribution is 2.26. The smallest absolute Gasteiger partial charge is 0.189 e. The number of ether oxygens (including phenoxy) is 2. The van der Waals surface area contributed by atoms with Crippen LogP contribution in [0, 0.1) is 5.82 Å². The second-order valence-electron chi connectivity index (χ2n) is 4.72. The molecule has 0 aliphatic carbocycles. The minimum atomic E-state index is -0.275. The number of hydrogen-bond donors (Lipinski definition) is 1. The first-order chi connectivity index (χ1) is 9.20. The quantitative estimate of drug-likeness (QED) is 0.656. The molecule has 0 saturated carbocycles. The van der Waals surface area contributed by atoms with E-state index in [1.165, 1.54) is 6.07 Å². The lowest BCUT2D eigenvalue weighted by Gasteiger charge is -2.32. The first-order valence-corrected chi connectivity index (χ1v) is 6.71. The summed E-state index contributed by atoms with van der Waals surface area (Å²) in [5.74, 6) is 0.208. The molecular weight excluding hydrogens is 247 g/mol. The van der Waals surface area contributed by atoms with Crippen LogP contribution in [-0.2, 0) is 4.74 Å². The average Bonchev–Trinajstić information content (AvgIpc) is 2.39. The Kier molecular flexibility index (Phi) is 4.99. The van der Waals surface area contributed by atoms with Crippen LogP contribution in [0.5, 0.6) is 5.75 Å². The number of benzene rings is 1. The molecule has 106 valence electrons. The summed E-state index contributed by atoms with van der Waals surface area (Å²) in [4.78, 5) is 2.00. The summed E-state index contributed by atoms with van der Waals surface area (Å²) in [6, 6.07) is 5.03. The van der Waals surface area contributed by atoms with E-state index in [0.29, 0.717) is 24.6 Å². The second-order valence-corrected chi connectivity index (χ2v) is 4.72. The van der Waals surface area contributed by atoms with Crippen LogP contribution < -0.4 is 15.4 Å². The fraction of sp³-hybridized carbons (Fsp3) is 0.571. The van der Waals surface area contributed by atoms with Crippen molar-refractivity contribution in [1.82, 2.24) is 0 Å². The summed E-state index contributed by atoms with van der Waals surface area (Å²) in [7, 11) is 0. The van der Waals surface area contributed by atoms with E-state index in [4.69, 9.17) is 15.2 Å². The van der Waals surface area contributed by atoms with Gasteiger partial charge in [-0.05, 0) is 31.9 Å². The summed E-state index contributed by atoms with van der Waals surface area (Å²) < 4.78 is 24.4. The number of halogens is 1. The molecule has 1 aliphatic heterocycles. The van der Waals surface area contributed by atoms with Gasteiger partial charge in [0.1, 0.15) is 11.6 Å². The largest absolute Gasteiger partial charge is 0.467 e. The molecule has 1 atom stereocenters. The van der Waals surface area contributed by atoms with Gasteiger partial charge in [-0.2, -0.15) is 0 Å². The van der Waals surface area contributed by atoms with E-state index in [1.54, 1.807) is 12.1 Å². The lowest BCUT2D eigenvalue weighted by Crippen LogP contribution is -2.43. The van der Waals surface area contributed by atoms with Gasteiger partial charge in [-0.25, -0.2) is 4.39 Å². The van der Waals surface area contributed by atoms with Crippen molar-refractivity contribution in [3.8, 4) is 5.75 Å². The van der Waals surface area contributed by atoms with Crippen molar-refractivity contribution in [2.75, 3.05) is 31.4 Å². The third kappa shape index (κ3) is 3.81. The minimum Gasteiger partial charge on any atom is -0.467 e. The van der Waals surface area contributed by atoms with Gasteiger partial charge in [0, 0.05) is 31.8 Å². The van der Waals surface area contributed by atoms with Crippen LogP contribution in [0.3, 0.4) is 0 Å². The Balaban J connectivity index is 2.02. The van der Waals surface area contributed by atoms with Crippen LogP contribution in [0.4, 0.5) is 10.1 Å². The minimum absolute atomic E-state index is 0.127. The molecule has 0 radical (unpaired) electrons. The summed E-state index contributed by atoms with van der Waals surface area (Å²) >= 11 is 0. The van der Waals surface area contributed by atoms with Gasteiger partial charge in [0.2, 0.25) is 0 Å². The van der Waals surface area contributed by atoms with Crippen molar-refractivity contribution in [3.63, 3.8) is 0 Å². The Morgan fingerprint density at radius 2 is 2.32 bits per heavy atom. The van der Waals surface area contributed by atoms with Gasteiger partial charge in [0.15, 0.2) is 6.79 Å². The Labute approximate surface area is 113 Å². The van der Waals surface area contributed by atoms with Crippen LogP contribution in [-0.4, -0.2) is 32.5 Å². The van der Waals surface area contributed by atoms with E-state index in [1.807, 2.05) is 11.8 Å². The van der Waals surface area contributed by atoms with Crippen molar-refractivity contribution in [2.24, 2.45) is 5.73 Å². The summed E-state index contributed by atoms with van der Waals surface area (Å²) in [6.07, 6.45) is 2.01. The molecule has 0 bridgehead atoms. The Morgan fingerprint density at radius 3 is 3.00 bits per heavy atom. The first-order valence-electron chi connectivity index (χ1n) is 6.71. The summed E-state index contributed by atoms with van der Waals surface area (Å²) in [5, 5.41) is 0. The Hall–Kier alpha value is -1.33. The maximum Gasteiger partial charge on any atom is 0.189 e. The van der Waals surface area contributed by atoms with Crippen molar-refractivity contribution < 1.29 is 13.9 Å². The van der Waals surface area contributed by atoms with Gasteiger partial charge < -0.3 is 20.1 Å². The Morgan fingerprint density at radius 1 is 1.47 bits per heavy atom. The number of hydrogen-bond acceptors (Lipinski definition) is 4. The van der Waals surface area contributed by atoms with Gasteiger partial charge in [0.25, 0.3) is 0 Å². The molecule has 1 unspecified atom stereocenters. The van der Waals surface area contributed by atoms with E-state index >= 15 is 0 Å². The maximum atomic E-state index is 14.1. The average molecular weight is 268 g/mol. The zero-order valence-electron chi connectivity index (χ0n) is 11.3. The molecule has 1 aromatic carbocycles. The molecule has 0 amide bonds. The van der Waals surface area contributed by atoms with Crippen LogP contribution in [0.25, 0.3) is 0 Å². The zero-order valence-corrected chi connectivity index (χ0v) is 11.3. The van der Waals surface area contributed by atoms with Gasteiger partial charge >= 0.3 is 0 Å². The summed E-state index contributed by atoms with van der Waals surface area (Å²) in [6.45, 7) is 4.16. The highest BCUT2D eigenvalue weighted by Gasteiger charge is 2.19. The van der Waals surface area contributed by atoms with Crippen LogP contribution >= 0.6 is 0 Å². The lowest BCUT2D eigenvalue weighted by molar-refractivity contribution is 0.0222. The predicted molar refractivity (Wildman–Crippen MR) is 72.9 cm³/mol. The molecule has 1 heterocycles. The molecule has 0 aromatic heterocycles. The molecule has 0 spiro atoms. The summed E-state index contributed by atoms with van der Waals surface area (Å²) in [5.41, 5.74) is 6.51. The van der Waals surface area contributed by atoms with Gasteiger partial charge in [-0.1, -0.05) is 0 Å². The van der Waals surface area contributed by atoms with E-state index in [2.05, 4.69) is 0 Å². The molecule has 2 N–H and O–H groups in total. The zero-order chi connectivity index (χ0) is 13.7. The molecule has 4 nitrogen and oxygen atoms in total. The molecule has 19 heavy (non-hydrogen) atoms. The number of anilines is 1. The maximum absolute atomic E-state index is 14.1. The monoisotopic (exact) mass is 268 g/mol. The van der Waals surface area contributed by atoms with Crippen molar-refractivity contribution in [1.29, 1.82) is 0 Å². The highest BCUT2D eigenvalue weighted by atomic mass is 19.1. The van der Waals surface area contributed by atoms with Crippen LogP contribution in [0.1, 0.15) is 19.8 Å². The molecular formula is C14H21FN2O2. The van der Waals surface area contributed by atoms with Crippen LogP contribution in [0.15, 0.2) is 18.2 Å². The fourth-order valence-corrected chi connectivity index (χ4v) is 2.26. The van der Waals surface area contributed by atoms with Gasteiger partial charge in [-0.15, -0.1) is 0 Å². The van der Waals surface area contributed by atoms with Crippen molar-refractivity contribution in [2.45, 2.75) is 25.8 Å². The second kappa shape index (κ2) is 6.73. The molecule has 1 aliphatic rings. The highest BCUT2D eigenvalue weighted by molar-refractivity contribution is 5.51. The van der Waals surface area contributed by atoms with Gasteiger partial charge in [-0.3, -0.25) is 0 Å². The fourth-order valence-electron chi connectivity index (χ4n) is 2.26. The van der Waals surface area contributed by atoms with E-state index in [9.17, 15) is 4.39 Å². The third-order valence-corrected chi connectivity index (χ3v) is 3.23. The van der Waals surface area contributed by atoms with E-state index < -0.39 is 0 Å². The van der Waals surface area contributed by atoms with E-state index in [-0.39, 0.29) is 18.7 Å². The van der Waals surface area contributed by atoms with Crippen molar-refractivity contribution >= 4 is 5.69 Å². The number of rotatable bonds is 5. The first kappa shape index (κ1) is 14.1. The predicted octanol–water partition coefficient (Wildman–Crippen LogP) is 2.13. The number of nitrogens with two attached hydrogens (primary N) is 1. The van der Waals surface area contributed by atoms with Gasteiger partial charge in [0.05, 0.1) is 5.69 Å². The Bertz CT molecular complexity index is 414. The SMILES string of the molecule is CCOCOc1ccc(N2CCCC(N)C2)c(F)c1. The molecule has 1 fully saturated rings. The molecule has 1 saturated heterocycles. The molecule has 5 heteroatoms. The van der Waals surface area contributed by atoms with Crippen molar-refractivity contribution in [3.05, 3.63) is 24.0 Å². The number of nitrogens with zero attached hydrogens (tertiary/aromatic N) is 1. The standard InChI is InChI=1S/C14H21FN2O2/c1-2-18-10-19-12-5-6-14(13(15)8-12)17-7-3-4-11(16)9-17/h5-6,8,11H,2-4,7,9-10,16H2,1H3. The topological polar surface area (TPSA) is 47.7 Å². The lowest BCUT2D eigenvalue weighted by atomic mass is 10.1. The number of piperidine rings is 1. The molecule has 2 rings (SSSR count). The third-order valence-electron chi connectivity index (χ3n) is 3.23. The molecule has 1 aromatic rings. The van der Waals surface area contributed by atoms with Crippen LogP contribution in [0.2, 0.25) is 0 Å². The van der Waals surface area contributed by atoms with E-state index in [0.717, 1.165) is 19.4 Å².